The standard InChI is InChI=1S/C20H20BF6N3O2/c1-4-28-18(31)16-17(29-6-5-21-16)12(3)30-11(2)13-7-14(20(25,26)27)9-15(8-13)32-10-19(22,23)24/h5-9,12,30H,2,4,10H2,1,3H3,(H,28,31). The Morgan fingerprint density at radius 2 is 1.91 bits per heavy atom. The van der Waals surface area contributed by atoms with Crippen molar-refractivity contribution in [1.29, 1.82) is 0 Å². The molecule has 5 nitrogen and oxygen atoms in total. The molecule has 0 bridgehead atoms. The van der Waals surface area contributed by atoms with Crippen LogP contribution in [0.5, 0.6) is 5.75 Å². The fraction of sp³-hybridized carbons (Fsp3) is 0.350. The van der Waals surface area contributed by atoms with E-state index in [4.69, 9.17) is 0 Å². The third-order valence-corrected chi connectivity index (χ3v) is 4.21. The van der Waals surface area contributed by atoms with Crippen molar-refractivity contribution < 1.29 is 35.9 Å². The Balaban J connectivity index is 2.32. The van der Waals surface area contributed by atoms with Crippen LogP contribution in [0.25, 0.3) is 5.70 Å². The molecule has 1 amide bonds. The Morgan fingerprint density at radius 3 is 2.50 bits per heavy atom. The van der Waals surface area contributed by atoms with E-state index in [2.05, 4.69) is 26.9 Å². The fourth-order valence-corrected chi connectivity index (χ4v) is 2.81. The molecule has 0 saturated carbocycles. The zero-order chi connectivity index (χ0) is 24.1. The maximum absolute atomic E-state index is 13.2. The summed E-state index contributed by atoms with van der Waals surface area (Å²) in [6.45, 7) is 7.23. The SMILES string of the molecule is C=C(NC(C)c1nccbc1C(=O)NCC)c1cc(OCC(F)(F)F)cc(C(F)(F)F)c1. The first-order chi connectivity index (χ1) is 14.8. The van der Waals surface area contributed by atoms with Crippen LogP contribution in [0.4, 0.5) is 26.3 Å². The molecule has 2 aromatic rings. The van der Waals surface area contributed by atoms with Gasteiger partial charge in [0, 0.05) is 0 Å². The molecule has 2 N–H and O–H groups in total. The van der Waals surface area contributed by atoms with Gasteiger partial charge < -0.3 is 0 Å². The van der Waals surface area contributed by atoms with E-state index in [9.17, 15) is 31.1 Å². The third kappa shape index (κ3) is 6.99. The van der Waals surface area contributed by atoms with Crippen LogP contribution in [-0.2, 0) is 6.18 Å². The van der Waals surface area contributed by atoms with Gasteiger partial charge in [0.1, 0.15) is 0 Å². The van der Waals surface area contributed by atoms with Crippen molar-refractivity contribution in [2.24, 2.45) is 0 Å². The number of benzene rings is 1. The monoisotopic (exact) mass is 459 g/mol. The van der Waals surface area contributed by atoms with Crippen LogP contribution < -0.4 is 15.4 Å². The van der Waals surface area contributed by atoms with Crippen molar-refractivity contribution in [3.8, 4) is 5.75 Å². The predicted molar refractivity (Wildman–Crippen MR) is 107 cm³/mol. The van der Waals surface area contributed by atoms with Crippen molar-refractivity contribution >= 4 is 18.5 Å². The Bertz CT molecular complexity index is 979. The molecule has 0 aliphatic heterocycles. The Morgan fingerprint density at radius 1 is 1.22 bits per heavy atom. The molecule has 172 valence electrons. The summed E-state index contributed by atoms with van der Waals surface area (Å²) in [5.74, 6) is 0.576. The van der Waals surface area contributed by atoms with Gasteiger partial charge in [-0.15, -0.1) is 0 Å². The molecule has 0 radical (unpaired) electrons. The minimum atomic E-state index is -4.81. The molecule has 0 aliphatic rings. The van der Waals surface area contributed by atoms with Gasteiger partial charge in [-0.05, 0) is 0 Å². The summed E-state index contributed by atoms with van der Waals surface area (Å²) in [5, 5.41) is 5.48. The number of ether oxygens (including phenoxy) is 1. The number of alkyl halides is 6. The third-order valence-electron chi connectivity index (χ3n) is 4.21. The van der Waals surface area contributed by atoms with Gasteiger partial charge in [0.15, 0.2) is 0 Å². The molecule has 12 heteroatoms. The van der Waals surface area contributed by atoms with Gasteiger partial charge in [-0.2, -0.15) is 0 Å². The topological polar surface area (TPSA) is 63.2 Å². The quantitative estimate of drug-likeness (QED) is 0.573. The molecule has 1 atom stereocenters. The Kier molecular flexibility index (Phi) is 7.92. The molecule has 32 heavy (non-hydrogen) atoms. The summed E-state index contributed by atoms with van der Waals surface area (Å²) in [4.78, 5) is 16.4. The van der Waals surface area contributed by atoms with Crippen LogP contribution in [0.1, 0.15) is 47.0 Å². The second-order valence-electron chi connectivity index (χ2n) is 6.79. The molecular weight excluding hydrogens is 439 g/mol. The molecule has 1 aromatic heterocycles. The van der Waals surface area contributed by atoms with E-state index < -0.39 is 36.3 Å². The van der Waals surface area contributed by atoms with E-state index in [-0.39, 0.29) is 22.6 Å². The van der Waals surface area contributed by atoms with Gasteiger partial charge >= 0.3 is 180 Å². The van der Waals surface area contributed by atoms with Gasteiger partial charge in [-0.1, -0.05) is 0 Å². The molecule has 1 heterocycles. The number of rotatable bonds is 8. The number of amides is 1. The molecule has 2 rings (SSSR count). The van der Waals surface area contributed by atoms with E-state index in [1.807, 2.05) is 0 Å². The molecule has 0 saturated heterocycles. The average Bonchev–Trinajstić information content (AvgIpc) is 2.71. The number of nitrogens with one attached hydrogen (secondary N) is 2. The van der Waals surface area contributed by atoms with Gasteiger partial charge in [0.2, 0.25) is 0 Å². The number of carbonyl (C=O) groups is 1. The second-order valence-corrected chi connectivity index (χ2v) is 6.79. The van der Waals surface area contributed by atoms with Gasteiger partial charge in [-0.3, -0.25) is 0 Å². The number of carbonyl (C=O) groups excluding carboxylic acids is 1. The van der Waals surface area contributed by atoms with E-state index in [0.29, 0.717) is 18.3 Å². The normalized spacial score (nSPS) is 12.6. The molecule has 0 spiro atoms. The predicted octanol–water partition coefficient (Wildman–Crippen LogP) is 4.45. The summed E-state index contributed by atoms with van der Waals surface area (Å²) >= 11 is 0. The summed E-state index contributed by atoms with van der Waals surface area (Å²) in [5.41, 5.74) is -0.753. The summed E-state index contributed by atoms with van der Waals surface area (Å²) in [7, 11) is 0. The first-order valence-corrected chi connectivity index (χ1v) is 9.42. The van der Waals surface area contributed by atoms with Crippen molar-refractivity contribution in [1.82, 2.24) is 15.6 Å². The first-order valence-electron chi connectivity index (χ1n) is 9.42. The summed E-state index contributed by atoms with van der Waals surface area (Å²) < 4.78 is 81.5. The van der Waals surface area contributed by atoms with Gasteiger partial charge in [0.05, 0.1) is 0 Å². The number of halogens is 6. The zero-order valence-electron chi connectivity index (χ0n) is 17.2. The fourth-order valence-electron chi connectivity index (χ4n) is 2.81. The number of aromatic nitrogens is 1. The van der Waals surface area contributed by atoms with Crippen LogP contribution in [0.2, 0.25) is 0 Å². The van der Waals surface area contributed by atoms with Crippen LogP contribution in [0, 0.1) is 0 Å². The van der Waals surface area contributed by atoms with E-state index in [1.54, 1.807) is 26.7 Å². The Labute approximate surface area is 181 Å². The summed E-state index contributed by atoms with van der Waals surface area (Å²) in [6.07, 6.45) is -8.08. The van der Waals surface area contributed by atoms with Crippen LogP contribution in [0.3, 0.4) is 0 Å². The van der Waals surface area contributed by atoms with Gasteiger partial charge in [-0.25, -0.2) is 0 Å². The molecule has 0 aliphatic carbocycles. The van der Waals surface area contributed by atoms with E-state index >= 15 is 0 Å². The van der Waals surface area contributed by atoms with Crippen LogP contribution in [-0.4, -0.2) is 37.1 Å². The second kappa shape index (κ2) is 10.1. The minimum absolute atomic E-state index is 0.0204. The van der Waals surface area contributed by atoms with E-state index in [1.165, 1.54) is 6.20 Å². The van der Waals surface area contributed by atoms with Gasteiger partial charge in [0.25, 0.3) is 0 Å². The summed E-state index contributed by atoms with van der Waals surface area (Å²) in [6, 6.07) is 1.59. The van der Waals surface area contributed by atoms with Crippen molar-refractivity contribution in [2.45, 2.75) is 32.2 Å². The Hall–Kier alpha value is -3.05. The maximum atomic E-state index is 13.2. The zero-order valence-corrected chi connectivity index (χ0v) is 17.2. The first kappa shape index (κ1) is 25.2. The number of hydrogen-bond donors (Lipinski definition) is 2. The van der Waals surface area contributed by atoms with Crippen LogP contribution >= 0.6 is 0 Å². The van der Waals surface area contributed by atoms with E-state index in [0.717, 1.165) is 12.1 Å². The van der Waals surface area contributed by atoms with Crippen molar-refractivity contribution in [3.63, 3.8) is 0 Å². The average molecular weight is 459 g/mol. The van der Waals surface area contributed by atoms with Crippen LogP contribution in [0.15, 0.2) is 36.9 Å². The number of nitrogens with zero attached hydrogens (tertiary/aromatic N) is 1. The molecule has 1 aromatic carbocycles. The molecule has 0 fully saturated rings. The van der Waals surface area contributed by atoms with Crippen molar-refractivity contribution in [2.75, 3.05) is 13.2 Å². The molecular formula is C20H20BF6N3O2. The van der Waals surface area contributed by atoms with Crippen molar-refractivity contribution in [3.05, 3.63) is 59.2 Å². The molecule has 1 unspecified atom stereocenters. The number of hydrogen-bond acceptors (Lipinski definition) is 4.